The first-order chi connectivity index (χ1) is 16.9. The molecule has 2 aliphatic rings. The van der Waals surface area contributed by atoms with Crippen molar-refractivity contribution in [3.8, 4) is 0 Å². The lowest BCUT2D eigenvalue weighted by Gasteiger charge is -2.36. The van der Waals surface area contributed by atoms with Gasteiger partial charge >= 0.3 is 12.3 Å². The molecule has 0 spiro atoms. The molecule has 2 saturated heterocycles. The maximum Gasteiger partial charge on any atom is 0.435 e. The Morgan fingerprint density at radius 3 is 2.56 bits per heavy atom. The largest absolute Gasteiger partial charge is 0.442 e. The van der Waals surface area contributed by atoms with Crippen molar-refractivity contribution in [1.29, 1.82) is 0 Å². The normalized spacial score (nSPS) is 18.4. The molecule has 10 nitrogen and oxygen atoms in total. The first-order valence-corrected chi connectivity index (χ1v) is 11.8. The summed E-state index contributed by atoms with van der Waals surface area (Å²) >= 11 is 4.06. The number of nitrogens with two attached hydrogens (primary N) is 1. The Balaban J connectivity index is 1.40. The molecule has 1 aromatic carbocycles. The Kier molecular flexibility index (Phi) is 7.17. The third-order valence-electron chi connectivity index (χ3n) is 5.61. The molecule has 3 heterocycles. The average molecular weight is 549 g/mol. The molecule has 194 valence electrons. The number of nitrogens with zero attached hydrogens (tertiary/aromatic N) is 4. The van der Waals surface area contributed by atoms with Gasteiger partial charge in [-0.15, -0.1) is 0 Å². The minimum atomic E-state index is -4.81. The van der Waals surface area contributed by atoms with E-state index < -0.39 is 45.9 Å². The zero-order chi connectivity index (χ0) is 26.2. The van der Waals surface area contributed by atoms with Crippen molar-refractivity contribution < 1.29 is 36.7 Å². The summed E-state index contributed by atoms with van der Waals surface area (Å²) in [7, 11) is 0. The average Bonchev–Trinajstić information content (AvgIpc) is 3.40. The molecule has 0 saturated carbocycles. The summed E-state index contributed by atoms with van der Waals surface area (Å²) in [6.07, 6.45) is -6.11. The molecule has 36 heavy (non-hydrogen) atoms. The van der Waals surface area contributed by atoms with Crippen molar-refractivity contribution >= 4 is 57.7 Å². The number of halogens is 4. The van der Waals surface area contributed by atoms with Gasteiger partial charge in [-0.2, -0.15) is 13.2 Å². The lowest BCUT2D eigenvalue weighted by atomic mass is 10.2. The van der Waals surface area contributed by atoms with E-state index in [4.69, 9.17) is 10.5 Å². The molecule has 1 unspecified atom stereocenters. The van der Waals surface area contributed by atoms with E-state index in [1.54, 1.807) is 4.90 Å². The molecule has 3 N–H and O–H groups in total. The fraction of sp³-hybridized carbons (Fsp3) is 0.400. The Morgan fingerprint density at radius 1 is 1.25 bits per heavy atom. The number of benzene rings is 1. The molecule has 2 aliphatic heterocycles. The number of carbonyl (C=O) groups is 3. The number of piperazine rings is 1. The number of hydrogen-bond donors (Lipinski definition) is 3. The molecule has 4 rings (SSSR count). The molecule has 2 aromatic rings. The fourth-order valence-electron chi connectivity index (χ4n) is 3.93. The summed E-state index contributed by atoms with van der Waals surface area (Å²) in [4.78, 5) is 42.6. The number of amides is 3. The summed E-state index contributed by atoms with van der Waals surface area (Å²) in [5.74, 6) is -1.45. The highest BCUT2D eigenvalue weighted by molar-refractivity contribution is 7.96. The fourth-order valence-corrected chi connectivity index (χ4v) is 4.84. The second-order valence-electron chi connectivity index (χ2n) is 7.94. The van der Waals surface area contributed by atoms with Crippen LogP contribution in [-0.2, 0) is 10.9 Å². The van der Waals surface area contributed by atoms with E-state index in [-0.39, 0.29) is 55.8 Å². The third-order valence-corrected chi connectivity index (χ3v) is 6.64. The van der Waals surface area contributed by atoms with Crippen LogP contribution in [-0.4, -0.2) is 72.5 Å². The van der Waals surface area contributed by atoms with Gasteiger partial charge in [-0.3, -0.25) is 14.5 Å². The Hall–Kier alpha value is -3.27. The predicted molar refractivity (Wildman–Crippen MR) is 126 cm³/mol. The van der Waals surface area contributed by atoms with E-state index in [1.165, 1.54) is 28.0 Å². The van der Waals surface area contributed by atoms with Crippen molar-refractivity contribution in [3.63, 3.8) is 0 Å². The molecular formula is C20H20F4N6O4S2. The van der Waals surface area contributed by atoms with E-state index in [2.05, 4.69) is 22.9 Å². The topological polar surface area (TPSA) is 121 Å². The summed E-state index contributed by atoms with van der Waals surface area (Å²) in [6, 6.07) is 4.18. The molecule has 3 amide bonds. The highest BCUT2D eigenvalue weighted by atomic mass is 32.1. The van der Waals surface area contributed by atoms with Crippen molar-refractivity contribution in [2.24, 2.45) is 0 Å². The maximum absolute atomic E-state index is 15.0. The molecule has 0 bridgehead atoms. The molecule has 1 atom stereocenters. The number of carbonyl (C=O) groups excluding carboxylic acids is 3. The first kappa shape index (κ1) is 25.8. The quantitative estimate of drug-likeness (QED) is 0.388. The second kappa shape index (κ2) is 10.0. The SMILES string of the molecule is Nc1nc(C(F)(F)F)c(C(=O)N2CCN(c3ccc(N4CC(CNC(=O)S)OC4=O)cc3F)CC2)s1. The first-order valence-electron chi connectivity index (χ1n) is 10.6. The van der Waals surface area contributed by atoms with Crippen LogP contribution in [0.15, 0.2) is 18.2 Å². The Bertz CT molecular complexity index is 1190. The van der Waals surface area contributed by atoms with E-state index in [0.29, 0.717) is 11.3 Å². The van der Waals surface area contributed by atoms with Crippen LogP contribution < -0.4 is 20.9 Å². The molecule has 2 fully saturated rings. The summed E-state index contributed by atoms with van der Waals surface area (Å²) in [5.41, 5.74) is 4.56. The molecule has 0 aliphatic carbocycles. The smallest absolute Gasteiger partial charge is 0.435 e. The van der Waals surface area contributed by atoms with Crippen molar-refractivity contribution in [2.75, 3.05) is 54.8 Å². The van der Waals surface area contributed by atoms with Gasteiger partial charge in [-0.25, -0.2) is 14.2 Å². The summed E-state index contributed by atoms with van der Waals surface area (Å²) in [6.45, 7) is 0.642. The van der Waals surface area contributed by atoms with Crippen LogP contribution in [0, 0.1) is 5.82 Å². The third kappa shape index (κ3) is 5.43. The number of ether oxygens (including phenoxy) is 1. The van der Waals surface area contributed by atoms with Crippen LogP contribution in [0.5, 0.6) is 0 Å². The Morgan fingerprint density at radius 2 is 1.94 bits per heavy atom. The van der Waals surface area contributed by atoms with Gasteiger partial charge in [-0.05, 0) is 18.2 Å². The second-order valence-corrected chi connectivity index (χ2v) is 9.38. The van der Waals surface area contributed by atoms with Gasteiger partial charge in [0, 0.05) is 26.2 Å². The zero-order valence-corrected chi connectivity index (χ0v) is 20.1. The van der Waals surface area contributed by atoms with E-state index in [0.717, 1.165) is 0 Å². The number of anilines is 3. The lowest BCUT2D eigenvalue weighted by molar-refractivity contribution is -0.141. The monoisotopic (exact) mass is 548 g/mol. The van der Waals surface area contributed by atoms with E-state index in [1.807, 2.05) is 0 Å². The number of nitrogens with one attached hydrogen (secondary N) is 1. The van der Waals surface area contributed by atoms with Crippen molar-refractivity contribution in [3.05, 3.63) is 34.6 Å². The van der Waals surface area contributed by atoms with Gasteiger partial charge in [-0.1, -0.05) is 24.0 Å². The standard InChI is InChI=1S/C20H20F4N6O4S2/c21-12-7-10(30-9-11(34-19(30)33)8-26-18(32)35)1-2-13(12)28-3-5-29(6-4-28)16(31)14-15(20(22,23)24)27-17(25)36-14/h1-2,7,11H,3-6,8-9H2,(H2,25,27)(H2,26,32,35). The number of thiazole rings is 1. The number of nitrogen functional groups attached to an aromatic ring is 1. The highest BCUT2D eigenvalue weighted by Crippen LogP contribution is 2.36. The van der Waals surface area contributed by atoms with E-state index >= 15 is 0 Å². The van der Waals surface area contributed by atoms with Gasteiger partial charge in [0.2, 0.25) is 0 Å². The maximum atomic E-state index is 15.0. The van der Waals surface area contributed by atoms with Gasteiger partial charge in [0.05, 0.1) is 24.5 Å². The highest BCUT2D eigenvalue weighted by Gasteiger charge is 2.41. The minimum absolute atomic E-state index is 0.0616. The molecule has 16 heteroatoms. The number of thiol groups is 1. The number of rotatable bonds is 5. The van der Waals surface area contributed by atoms with Gasteiger partial charge in [0.25, 0.3) is 11.1 Å². The summed E-state index contributed by atoms with van der Waals surface area (Å²) in [5, 5.41) is 1.50. The van der Waals surface area contributed by atoms with Crippen LogP contribution in [0.2, 0.25) is 0 Å². The van der Waals surface area contributed by atoms with Crippen molar-refractivity contribution in [2.45, 2.75) is 12.3 Å². The number of aromatic nitrogens is 1. The molecule has 1 aromatic heterocycles. The molecular weight excluding hydrogens is 528 g/mol. The van der Waals surface area contributed by atoms with Crippen molar-refractivity contribution in [1.82, 2.24) is 15.2 Å². The summed E-state index contributed by atoms with van der Waals surface area (Å²) < 4.78 is 59.7. The van der Waals surface area contributed by atoms with Crippen LogP contribution in [0.25, 0.3) is 0 Å². The number of cyclic esters (lactones) is 1. The Labute approximate surface area is 211 Å². The predicted octanol–water partition coefficient (Wildman–Crippen LogP) is 2.81. The van der Waals surface area contributed by atoms with Crippen LogP contribution in [0.4, 0.5) is 43.7 Å². The minimum Gasteiger partial charge on any atom is -0.442 e. The van der Waals surface area contributed by atoms with Gasteiger partial charge < -0.3 is 25.6 Å². The number of hydrogen-bond acceptors (Lipinski definition) is 8. The van der Waals surface area contributed by atoms with Crippen LogP contribution >= 0.6 is 24.0 Å². The number of alkyl halides is 3. The van der Waals surface area contributed by atoms with Gasteiger partial charge in [0.1, 0.15) is 16.8 Å². The van der Waals surface area contributed by atoms with E-state index in [9.17, 15) is 31.9 Å². The zero-order valence-electron chi connectivity index (χ0n) is 18.4. The van der Waals surface area contributed by atoms with Gasteiger partial charge in [0.15, 0.2) is 10.8 Å². The van der Waals surface area contributed by atoms with Crippen LogP contribution in [0.3, 0.4) is 0 Å². The molecule has 0 radical (unpaired) electrons. The lowest BCUT2D eigenvalue weighted by Crippen LogP contribution is -2.49. The van der Waals surface area contributed by atoms with Crippen LogP contribution in [0.1, 0.15) is 15.4 Å².